The Morgan fingerprint density at radius 2 is 1.95 bits per heavy atom. The predicted molar refractivity (Wildman–Crippen MR) is 80.8 cm³/mol. The quantitative estimate of drug-likeness (QED) is 0.902. The summed E-state index contributed by atoms with van der Waals surface area (Å²) in [7, 11) is 0. The molecule has 1 aliphatic heterocycles. The van der Waals surface area contributed by atoms with Crippen LogP contribution in [0.5, 0.6) is 0 Å². The number of carbonyl (C=O) groups is 1. The highest BCUT2D eigenvalue weighted by molar-refractivity contribution is 5.67. The van der Waals surface area contributed by atoms with Gasteiger partial charge in [-0.15, -0.1) is 0 Å². The summed E-state index contributed by atoms with van der Waals surface area (Å²) in [6.07, 6.45) is 5.19. The molecule has 4 nitrogen and oxygen atoms in total. The van der Waals surface area contributed by atoms with Gasteiger partial charge in [0.05, 0.1) is 18.6 Å². The van der Waals surface area contributed by atoms with Crippen LogP contribution in [0, 0.1) is 0 Å². The molecule has 2 rings (SSSR count). The molecule has 1 aromatic carbocycles. The predicted octanol–water partition coefficient (Wildman–Crippen LogP) is 3.47. The molecule has 1 N–H and O–H groups in total. The molecule has 0 aliphatic carbocycles. The molecule has 1 heterocycles. The van der Waals surface area contributed by atoms with Crippen LogP contribution in [0.25, 0.3) is 6.08 Å². The lowest BCUT2D eigenvalue weighted by atomic mass is 10.0. The fourth-order valence-electron chi connectivity index (χ4n) is 2.60. The van der Waals surface area contributed by atoms with E-state index in [0.29, 0.717) is 6.42 Å². The van der Waals surface area contributed by atoms with Gasteiger partial charge in [0, 0.05) is 6.42 Å². The van der Waals surface area contributed by atoms with Crippen molar-refractivity contribution in [2.24, 2.45) is 0 Å². The molecule has 0 amide bonds. The number of aliphatic carboxylic acids is 1. The summed E-state index contributed by atoms with van der Waals surface area (Å²) >= 11 is 0. The van der Waals surface area contributed by atoms with Gasteiger partial charge in [-0.3, -0.25) is 4.79 Å². The van der Waals surface area contributed by atoms with Crippen LogP contribution >= 0.6 is 0 Å². The van der Waals surface area contributed by atoms with Gasteiger partial charge in [0.15, 0.2) is 5.79 Å². The number of carboxylic acids is 1. The van der Waals surface area contributed by atoms with Crippen molar-refractivity contribution >= 4 is 12.0 Å². The molecule has 0 bridgehead atoms. The van der Waals surface area contributed by atoms with E-state index in [4.69, 9.17) is 14.6 Å². The standard InChI is InChI=1S/C17H22O4/c1-17(2)20-14(11-15(21-17)12-16(18)19)10-6-9-13-7-4-3-5-8-13/h3-9,14-15H,10-12H2,1-2H3,(H,18,19)/b9-6+. The summed E-state index contributed by atoms with van der Waals surface area (Å²) in [6, 6.07) is 10.1. The molecule has 0 spiro atoms. The van der Waals surface area contributed by atoms with E-state index < -0.39 is 11.8 Å². The molecule has 2 unspecified atom stereocenters. The second-order valence-corrected chi connectivity index (χ2v) is 5.76. The molecular formula is C17H22O4. The summed E-state index contributed by atoms with van der Waals surface area (Å²) < 4.78 is 11.5. The van der Waals surface area contributed by atoms with E-state index in [0.717, 1.165) is 12.0 Å². The Hall–Kier alpha value is -1.65. The maximum Gasteiger partial charge on any atom is 0.305 e. The third kappa shape index (κ3) is 5.33. The Morgan fingerprint density at radius 3 is 2.62 bits per heavy atom. The van der Waals surface area contributed by atoms with Gasteiger partial charge in [0.25, 0.3) is 0 Å². The molecule has 0 saturated carbocycles. The number of benzene rings is 1. The number of hydrogen-bond acceptors (Lipinski definition) is 3. The molecule has 114 valence electrons. The average molecular weight is 290 g/mol. The molecule has 1 aliphatic rings. The van der Waals surface area contributed by atoms with Crippen molar-refractivity contribution in [1.82, 2.24) is 0 Å². The van der Waals surface area contributed by atoms with E-state index in [-0.39, 0.29) is 18.6 Å². The van der Waals surface area contributed by atoms with Crippen LogP contribution in [-0.4, -0.2) is 29.1 Å². The van der Waals surface area contributed by atoms with Gasteiger partial charge in [-0.05, 0) is 25.8 Å². The van der Waals surface area contributed by atoms with Crippen molar-refractivity contribution in [2.45, 2.75) is 51.1 Å². The largest absolute Gasteiger partial charge is 0.481 e. The first-order valence-corrected chi connectivity index (χ1v) is 7.23. The van der Waals surface area contributed by atoms with Crippen LogP contribution in [0.15, 0.2) is 36.4 Å². The summed E-state index contributed by atoms with van der Waals surface area (Å²) in [5, 5.41) is 8.91. The number of hydrogen-bond donors (Lipinski definition) is 1. The molecule has 1 aromatic rings. The van der Waals surface area contributed by atoms with Crippen molar-refractivity contribution in [1.29, 1.82) is 0 Å². The number of rotatable bonds is 5. The molecule has 0 aromatic heterocycles. The van der Waals surface area contributed by atoms with Gasteiger partial charge in [-0.2, -0.15) is 0 Å². The molecular weight excluding hydrogens is 268 g/mol. The summed E-state index contributed by atoms with van der Waals surface area (Å²) in [6.45, 7) is 3.66. The zero-order valence-electron chi connectivity index (χ0n) is 12.5. The third-order valence-corrected chi connectivity index (χ3v) is 3.34. The Morgan fingerprint density at radius 1 is 1.29 bits per heavy atom. The van der Waals surface area contributed by atoms with E-state index in [1.54, 1.807) is 0 Å². The van der Waals surface area contributed by atoms with Gasteiger partial charge >= 0.3 is 5.97 Å². The van der Waals surface area contributed by atoms with Crippen molar-refractivity contribution in [3.63, 3.8) is 0 Å². The summed E-state index contributed by atoms with van der Waals surface area (Å²) in [4.78, 5) is 10.8. The Balaban J connectivity index is 1.92. The zero-order valence-corrected chi connectivity index (χ0v) is 12.5. The lowest BCUT2D eigenvalue weighted by Gasteiger charge is -2.40. The fraction of sp³-hybridized carbons (Fsp3) is 0.471. The maximum atomic E-state index is 10.8. The van der Waals surface area contributed by atoms with Crippen molar-refractivity contribution in [2.75, 3.05) is 0 Å². The normalized spacial score (nSPS) is 25.0. The topological polar surface area (TPSA) is 55.8 Å². The maximum absolute atomic E-state index is 10.8. The van der Waals surface area contributed by atoms with Crippen LogP contribution in [0.1, 0.15) is 38.7 Å². The van der Waals surface area contributed by atoms with Crippen molar-refractivity contribution in [3.05, 3.63) is 42.0 Å². The van der Waals surface area contributed by atoms with Crippen LogP contribution < -0.4 is 0 Å². The van der Waals surface area contributed by atoms with E-state index in [2.05, 4.69) is 12.2 Å². The summed E-state index contributed by atoms with van der Waals surface area (Å²) in [5.74, 6) is -1.57. The molecule has 0 radical (unpaired) electrons. The molecule has 21 heavy (non-hydrogen) atoms. The Bertz CT molecular complexity index is 493. The zero-order chi connectivity index (χ0) is 15.3. The van der Waals surface area contributed by atoms with E-state index >= 15 is 0 Å². The first kappa shape index (κ1) is 15.7. The van der Waals surface area contributed by atoms with Crippen LogP contribution in [0.2, 0.25) is 0 Å². The Kier molecular flexibility index (Phi) is 5.15. The van der Waals surface area contributed by atoms with E-state index in [9.17, 15) is 4.79 Å². The highest BCUT2D eigenvalue weighted by Crippen LogP contribution is 2.30. The minimum atomic E-state index is -0.837. The third-order valence-electron chi connectivity index (χ3n) is 3.34. The number of ether oxygens (including phenoxy) is 2. The van der Waals surface area contributed by atoms with Crippen LogP contribution in [0.4, 0.5) is 0 Å². The van der Waals surface area contributed by atoms with Gasteiger partial charge in [0.2, 0.25) is 0 Å². The van der Waals surface area contributed by atoms with Gasteiger partial charge in [-0.25, -0.2) is 0 Å². The second-order valence-electron chi connectivity index (χ2n) is 5.76. The van der Waals surface area contributed by atoms with Crippen LogP contribution in [-0.2, 0) is 14.3 Å². The highest BCUT2D eigenvalue weighted by atomic mass is 16.7. The summed E-state index contributed by atoms with van der Waals surface area (Å²) in [5.41, 5.74) is 1.14. The second kappa shape index (κ2) is 6.87. The monoisotopic (exact) mass is 290 g/mol. The molecule has 1 saturated heterocycles. The van der Waals surface area contributed by atoms with Crippen molar-refractivity contribution in [3.8, 4) is 0 Å². The molecule has 1 fully saturated rings. The van der Waals surface area contributed by atoms with Gasteiger partial charge in [-0.1, -0.05) is 42.5 Å². The lowest BCUT2D eigenvalue weighted by molar-refractivity contribution is -0.298. The van der Waals surface area contributed by atoms with Gasteiger partial charge < -0.3 is 14.6 Å². The smallest absolute Gasteiger partial charge is 0.305 e. The molecule has 4 heteroatoms. The average Bonchev–Trinajstić information content (AvgIpc) is 2.37. The first-order chi connectivity index (χ1) is 9.94. The Labute approximate surface area is 125 Å². The van der Waals surface area contributed by atoms with Crippen molar-refractivity contribution < 1.29 is 19.4 Å². The van der Waals surface area contributed by atoms with E-state index in [1.165, 1.54) is 0 Å². The fourth-order valence-corrected chi connectivity index (χ4v) is 2.60. The first-order valence-electron chi connectivity index (χ1n) is 7.23. The molecule has 2 atom stereocenters. The van der Waals surface area contributed by atoms with E-state index in [1.807, 2.05) is 44.2 Å². The lowest BCUT2D eigenvalue weighted by Crippen LogP contribution is -2.45. The van der Waals surface area contributed by atoms with Crippen LogP contribution in [0.3, 0.4) is 0 Å². The number of carboxylic acid groups (broad SMARTS) is 1. The minimum absolute atomic E-state index is 0.0157. The minimum Gasteiger partial charge on any atom is -0.481 e. The van der Waals surface area contributed by atoms with Gasteiger partial charge in [0.1, 0.15) is 0 Å². The SMILES string of the molecule is CC1(C)OC(C/C=C/c2ccccc2)CC(CC(=O)O)O1. The highest BCUT2D eigenvalue weighted by Gasteiger charge is 2.35.